The highest BCUT2D eigenvalue weighted by atomic mass is 16.1. The highest BCUT2D eigenvalue weighted by Crippen LogP contribution is 2.14. The number of benzene rings is 1. The summed E-state index contributed by atoms with van der Waals surface area (Å²) in [5, 5.41) is 2.62. The van der Waals surface area contributed by atoms with Gasteiger partial charge in [-0.2, -0.15) is 0 Å². The Labute approximate surface area is 66.2 Å². The number of anilines is 1. The zero-order valence-corrected chi connectivity index (χ0v) is 6.37. The van der Waals surface area contributed by atoms with Crippen LogP contribution in [0.15, 0.2) is 24.3 Å². The second-order valence-corrected chi connectivity index (χ2v) is 2.14. The molecule has 0 spiro atoms. The monoisotopic (exact) mass is 148 g/mol. The van der Waals surface area contributed by atoms with Crippen LogP contribution in [0.3, 0.4) is 0 Å². The van der Waals surface area contributed by atoms with Crippen LogP contribution in [0.1, 0.15) is 12.5 Å². The SMILES string of the molecule is C[CH]c1ccccc1NC=O. The first kappa shape index (κ1) is 7.79. The number of amides is 1. The summed E-state index contributed by atoms with van der Waals surface area (Å²) in [6.07, 6.45) is 2.63. The second-order valence-electron chi connectivity index (χ2n) is 2.14. The highest BCUT2D eigenvalue weighted by Gasteiger charge is 1.95. The molecule has 0 fully saturated rings. The van der Waals surface area contributed by atoms with E-state index in [1.165, 1.54) is 0 Å². The lowest BCUT2D eigenvalue weighted by molar-refractivity contribution is -0.105. The fourth-order valence-corrected chi connectivity index (χ4v) is 0.944. The first-order valence-electron chi connectivity index (χ1n) is 3.47. The van der Waals surface area contributed by atoms with Gasteiger partial charge in [-0.15, -0.1) is 0 Å². The van der Waals surface area contributed by atoms with E-state index in [0.29, 0.717) is 6.41 Å². The van der Waals surface area contributed by atoms with Gasteiger partial charge >= 0.3 is 0 Å². The van der Waals surface area contributed by atoms with E-state index in [2.05, 4.69) is 5.32 Å². The quantitative estimate of drug-likeness (QED) is 0.651. The lowest BCUT2D eigenvalue weighted by Crippen LogP contribution is -1.96. The molecule has 1 radical (unpaired) electrons. The van der Waals surface area contributed by atoms with E-state index in [9.17, 15) is 4.79 Å². The molecular formula is C9H10NO. The maximum absolute atomic E-state index is 10.1. The molecule has 0 aromatic heterocycles. The molecule has 1 aromatic rings. The van der Waals surface area contributed by atoms with E-state index in [-0.39, 0.29) is 0 Å². The van der Waals surface area contributed by atoms with Crippen LogP contribution >= 0.6 is 0 Å². The van der Waals surface area contributed by atoms with Crippen LogP contribution in [0.4, 0.5) is 5.69 Å². The molecule has 0 saturated heterocycles. The topological polar surface area (TPSA) is 29.1 Å². The van der Waals surface area contributed by atoms with Crippen LogP contribution in [0.2, 0.25) is 0 Å². The van der Waals surface area contributed by atoms with Crippen LogP contribution in [0.25, 0.3) is 0 Å². The van der Waals surface area contributed by atoms with Crippen molar-refractivity contribution in [3.63, 3.8) is 0 Å². The van der Waals surface area contributed by atoms with Gasteiger partial charge in [0.1, 0.15) is 0 Å². The molecule has 2 nitrogen and oxygen atoms in total. The van der Waals surface area contributed by atoms with Crippen molar-refractivity contribution in [3.8, 4) is 0 Å². The second kappa shape index (κ2) is 3.76. The molecule has 0 atom stereocenters. The van der Waals surface area contributed by atoms with E-state index in [4.69, 9.17) is 0 Å². The van der Waals surface area contributed by atoms with Crippen LogP contribution in [-0.2, 0) is 4.79 Å². The zero-order chi connectivity index (χ0) is 8.10. The van der Waals surface area contributed by atoms with Crippen molar-refractivity contribution in [1.29, 1.82) is 0 Å². The van der Waals surface area contributed by atoms with Crippen LogP contribution in [0, 0.1) is 6.42 Å². The van der Waals surface area contributed by atoms with Crippen LogP contribution < -0.4 is 5.32 Å². The number of carbonyl (C=O) groups is 1. The molecule has 0 aliphatic heterocycles. The Balaban J connectivity index is 2.92. The fraction of sp³-hybridized carbons (Fsp3) is 0.111. The third-order valence-electron chi connectivity index (χ3n) is 1.49. The van der Waals surface area contributed by atoms with Crippen molar-refractivity contribution in [2.45, 2.75) is 6.92 Å². The smallest absolute Gasteiger partial charge is 0.211 e. The third-order valence-corrected chi connectivity index (χ3v) is 1.49. The average Bonchev–Trinajstić information content (AvgIpc) is 2.06. The van der Waals surface area contributed by atoms with E-state index in [1.54, 1.807) is 0 Å². The fourth-order valence-electron chi connectivity index (χ4n) is 0.944. The molecule has 0 unspecified atom stereocenters. The van der Waals surface area contributed by atoms with Crippen LogP contribution in [-0.4, -0.2) is 6.41 Å². The summed E-state index contributed by atoms with van der Waals surface area (Å²) in [7, 11) is 0. The number of hydrogen-bond acceptors (Lipinski definition) is 1. The predicted octanol–water partition coefficient (Wildman–Crippen LogP) is 1.83. The van der Waals surface area contributed by atoms with Crippen molar-refractivity contribution >= 4 is 12.1 Å². The molecule has 11 heavy (non-hydrogen) atoms. The maximum atomic E-state index is 10.1. The van der Waals surface area contributed by atoms with E-state index >= 15 is 0 Å². The van der Waals surface area contributed by atoms with Crippen molar-refractivity contribution < 1.29 is 4.79 Å². The first-order valence-corrected chi connectivity index (χ1v) is 3.47. The van der Waals surface area contributed by atoms with Gasteiger partial charge in [-0.1, -0.05) is 25.1 Å². The molecule has 2 heteroatoms. The number of carbonyl (C=O) groups excluding carboxylic acids is 1. The molecule has 57 valence electrons. The van der Waals surface area contributed by atoms with Crippen LogP contribution in [0.5, 0.6) is 0 Å². The Morgan fingerprint density at radius 2 is 2.09 bits per heavy atom. The van der Waals surface area contributed by atoms with Gasteiger partial charge in [0.15, 0.2) is 0 Å². The number of nitrogens with one attached hydrogen (secondary N) is 1. The van der Waals surface area contributed by atoms with E-state index in [1.807, 2.05) is 37.6 Å². The van der Waals surface area contributed by atoms with Gasteiger partial charge in [0.25, 0.3) is 0 Å². The Hall–Kier alpha value is -1.31. The summed E-state index contributed by atoms with van der Waals surface area (Å²) >= 11 is 0. The van der Waals surface area contributed by atoms with E-state index < -0.39 is 0 Å². The Bertz CT molecular complexity index is 245. The van der Waals surface area contributed by atoms with Gasteiger partial charge in [0.2, 0.25) is 6.41 Å². The molecule has 0 bridgehead atoms. The molecule has 1 N–H and O–H groups in total. The summed E-state index contributed by atoms with van der Waals surface area (Å²) in [6, 6.07) is 7.64. The summed E-state index contributed by atoms with van der Waals surface area (Å²) in [6.45, 7) is 1.94. The number of hydrogen-bond donors (Lipinski definition) is 1. The molecule has 1 amide bonds. The molecule has 1 aromatic carbocycles. The molecular weight excluding hydrogens is 138 g/mol. The van der Waals surface area contributed by atoms with Gasteiger partial charge in [0.05, 0.1) is 0 Å². The summed E-state index contributed by atoms with van der Waals surface area (Å²) < 4.78 is 0. The largest absolute Gasteiger partial charge is 0.328 e. The summed E-state index contributed by atoms with van der Waals surface area (Å²) in [4.78, 5) is 10.1. The average molecular weight is 148 g/mol. The minimum Gasteiger partial charge on any atom is -0.328 e. The number of rotatable bonds is 3. The molecule has 0 aliphatic rings. The van der Waals surface area contributed by atoms with Crippen molar-refractivity contribution in [2.24, 2.45) is 0 Å². The van der Waals surface area contributed by atoms with E-state index in [0.717, 1.165) is 11.3 Å². The Morgan fingerprint density at radius 1 is 1.36 bits per heavy atom. The standard InChI is InChI=1S/C9H10NO/c1-2-8-5-3-4-6-9(8)10-7-11/h2-7H,1H3,(H,10,11). The van der Waals surface area contributed by atoms with Gasteiger partial charge in [-0.3, -0.25) is 4.79 Å². The van der Waals surface area contributed by atoms with Crippen molar-refractivity contribution in [3.05, 3.63) is 36.2 Å². The molecule has 0 aliphatic carbocycles. The van der Waals surface area contributed by atoms with Crippen molar-refractivity contribution in [1.82, 2.24) is 0 Å². The molecule has 1 rings (SSSR count). The lowest BCUT2D eigenvalue weighted by Gasteiger charge is -2.03. The highest BCUT2D eigenvalue weighted by molar-refractivity contribution is 5.74. The Morgan fingerprint density at radius 3 is 2.73 bits per heavy atom. The van der Waals surface area contributed by atoms with Gasteiger partial charge in [0, 0.05) is 5.69 Å². The minimum atomic E-state index is 0.683. The summed E-state index contributed by atoms with van der Waals surface area (Å²) in [5.41, 5.74) is 1.89. The third kappa shape index (κ3) is 1.80. The molecule has 0 heterocycles. The molecule has 0 saturated carbocycles. The van der Waals surface area contributed by atoms with Gasteiger partial charge in [-0.05, 0) is 18.1 Å². The predicted molar refractivity (Wildman–Crippen MR) is 45.2 cm³/mol. The first-order chi connectivity index (χ1) is 5.38. The van der Waals surface area contributed by atoms with Gasteiger partial charge < -0.3 is 5.32 Å². The maximum Gasteiger partial charge on any atom is 0.211 e. The number of para-hydroxylation sites is 1. The minimum absolute atomic E-state index is 0.683. The lowest BCUT2D eigenvalue weighted by atomic mass is 10.1. The Kier molecular flexibility index (Phi) is 2.66. The normalized spacial score (nSPS) is 9.18. The summed E-state index contributed by atoms with van der Waals surface area (Å²) in [5.74, 6) is 0. The zero-order valence-electron chi connectivity index (χ0n) is 6.37. The van der Waals surface area contributed by atoms with Crippen molar-refractivity contribution in [2.75, 3.05) is 5.32 Å². The van der Waals surface area contributed by atoms with Gasteiger partial charge in [-0.25, -0.2) is 0 Å².